The van der Waals surface area contributed by atoms with Gasteiger partial charge in [-0.1, -0.05) is 20.8 Å². The molecule has 1 unspecified atom stereocenters. The molecule has 20 heavy (non-hydrogen) atoms. The molecular formula is C17H29NO2. The van der Waals surface area contributed by atoms with Crippen molar-refractivity contribution in [2.45, 2.75) is 78.4 Å². The number of fused-ring (bicyclic) bond motifs is 1. The topological polar surface area (TPSA) is 49.3 Å². The lowest BCUT2D eigenvalue weighted by Crippen LogP contribution is -2.57. The van der Waals surface area contributed by atoms with E-state index in [0.717, 1.165) is 32.1 Å². The zero-order valence-corrected chi connectivity index (χ0v) is 13.3. The van der Waals surface area contributed by atoms with E-state index in [1.54, 1.807) is 6.92 Å². The van der Waals surface area contributed by atoms with Crippen LogP contribution >= 0.6 is 0 Å². The van der Waals surface area contributed by atoms with Gasteiger partial charge in [-0.25, -0.2) is 0 Å². The first-order chi connectivity index (χ1) is 9.20. The first kappa shape index (κ1) is 14.4. The average Bonchev–Trinajstić information content (AvgIpc) is 2.51. The Labute approximate surface area is 122 Å². The van der Waals surface area contributed by atoms with E-state index in [9.17, 15) is 9.90 Å². The number of carbonyl (C=O) groups excluding carboxylic acids is 1. The molecule has 1 spiro atoms. The van der Waals surface area contributed by atoms with E-state index in [-0.39, 0.29) is 22.8 Å². The summed E-state index contributed by atoms with van der Waals surface area (Å²) in [4.78, 5) is 11.6. The maximum atomic E-state index is 11.6. The SMILES string of the molecule is CC(=O)N[C@H]1CC(C)(C)C2CC[C@]3(C)C[C@@]21CC[C@H]3O. The smallest absolute Gasteiger partial charge is 0.217 e. The third-order valence-corrected chi connectivity index (χ3v) is 6.86. The van der Waals surface area contributed by atoms with E-state index in [2.05, 4.69) is 26.1 Å². The fourth-order valence-corrected chi connectivity index (χ4v) is 6.05. The molecule has 0 radical (unpaired) electrons. The highest BCUT2D eigenvalue weighted by Crippen LogP contribution is 2.68. The van der Waals surface area contributed by atoms with Gasteiger partial charge in [0.1, 0.15) is 0 Å². The van der Waals surface area contributed by atoms with E-state index in [1.165, 1.54) is 6.42 Å². The molecule has 0 heterocycles. The summed E-state index contributed by atoms with van der Waals surface area (Å²) in [5, 5.41) is 13.7. The molecule has 0 aliphatic heterocycles. The fourth-order valence-electron chi connectivity index (χ4n) is 6.05. The van der Waals surface area contributed by atoms with Crippen LogP contribution in [0.4, 0.5) is 0 Å². The van der Waals surface area contributed by atoms with Crippen molar-refractivity contribution in [1.29, 1.82) is 0 Å². The molecule has 2 N–H and O–H groups in total. The van der Waals surface area contributed by atoms with Crippen LogP contribution in [0.2, 0.25) is 0 Å². The summed E-state index contributed by atoms with van der Waals surface area (Å²) in [6, 6.07) is 0.298. The Bertz CT molecular complexity index is 433. The first-order valence-electron chi connectivity index (χ1n) is 8.15. The van der Waals surface area contributed by atoms with E-state index in [4.69, 9.17) is 0 Å². The molecule has 114 valence electrons. The summed E-state index contributed by atoms with van der Waals surface area (Å²) in [6.45, 7) is 8.63. The standard InChI is InChI=1S/C17H29NO2/c1-11(19)18-13-9-15(2,3)12-5-7-16(4)10-17(12,13)8-6-14(16)20/h12-14,20H,5-10H2,1-4H3,(H,18,19)/t12?,13-,14+,16+,17-/m0/s1. The molecule has 0 aromatic heterocycles. The van der Waals surface area contributed by atoms with Gasteiger partial charge in [0.2, 0.25) is 5.91 Å². The minimum atomic E-state index is -0.157. The second-order valence-corrected chi connectivity index (χ2v) is 8.66. The molecule has 0 aromatic carbocycles. The van der Waals surface area contributed by atoms with Crippen LogP contribution in [0.15, 0.2) is 0 Å². The van der Waals surface area contributed by atoms with Gasteiger partial charge in [-0.3, -0.25) is 4.79 Å². The van der Waals surface area contributed by atoms with Crippen LogP contribution < -0.4 is 5.32 Å². The van der Waals surface area contributed by atoms with Crippen molar-refractivity contribution in [2.75, 3.05) is 0 Å². The van der Waals surface area contributed by atoms with Crippen LogP contribution in [-0.2, 0) is 4.79 Å². The summed E-state index contributed by atoms with van der Waals surface area (Å²) >= 11 is 0. The lowest BCUT2D eigenvalue weighted by atomic mass is 9.49. The van der Waals surface area contributed by atoms with Crippen molar-refractivity contribution in [3.63, 3.8) is 0 Å². The van der Waals surface area contributed by atoms with Gasteiger partial charge in [0.05, 0.1) is 6.10 Å². The number of carbonyl (C=O) groups is 1. The molecule has 3 nitrogen and oxygen atoms in total. The molecule has 3 rings (SSSR count). The van der Waals surface area contributed by atoms with Gasteiger partial charge in [0.15, 0.2) is 0 Å². The Morgan fingerprint density at radius 1 is 1.20 bits per heavy atom. The van der Waals surface area contributed by atoms with Crippen molar-refractivity contribution in [2.24, 2.45) is 22.2 Å². The minimum Gasteiger partial charge on any atom is -0.393 e. The maximum Gasteiger partial charge on any atom is 0.217 e. The minimum absolute atomic E-state index is 0.0614. The summed E-state index contributed by atoms with van der Waals surface area (Å²) < 4.78 is 0. The molecule has 0 aromatic rings. The van der Waals surface area contributed by atoms with Crippen molar-refractivity contribution in [1.82, 2.24) is 5.32 Å². The summed E-state index contributed by atoms with van der Waals surface area (Å²) in [7, 11) is 0. The highest BCUT2D eigenvalue weighted by Gasteiger charge is 2.64. The summed E-state index contributed by atoms with van der Waals surface area (Å²) in [5.74, 6) is 0.784. The molecule has 3 aliphatic rings. The Kier molecular flexibility index (Phi) is 3.03. The molecular weight excluding hydrogens is 250 g/mol. The van der Waals surface area contributed by atoms with Gasteiger partial charge in [-0.2, -0.15) is 0 Å². The normalized spacial score (nSPS) is 49.5. The van der Waals surface area contributed by atoms with Crippen LogP contribution in [0.25, 0.3) is 0 Å². The number of aliphatic hydroxyl groups excluding tert-OH is 1. The first-order valence-corrected chi connectivity index (χ1v) is 8.15. The van der Waals surface area contributed by atoms with Crippen LogP contribution in [0.5, 0.6) is 0 Å². The highest BCUT2D eigenvalue weighted by atomic mass is 16.3. The molecule has 1 amide bonds. The lowest BCUT2D eigenvalue weighted by Gasteiger charge is -2.58. The Morgan fingerprint density at radius 2 is 1.90 bits per heavy atom. The van der Waals surface area contributed by atoms with Gasteiger partial charge in [0.25, 0.3) is 0 Å². The van der Waals surface area contributed by atoms with E-state index < -0.39 is 0 Å². The van der Waals surface area contributed by atoms with Gasteiger partial charge >= 0.3 is 0 Å². The Hall–Kier alpha value is -0.570. The number of hydrogen-bond acceptors (Lipinski definition) is 2. The predicted molar refractivity (Wildman–Crippen MR) is 79.1 cm³/mol. The van der Waals surface area contributed by atoms with Crippen LogP contribution in [-0.4, -0.2) is 23.2 Å². The maximum absolute atomic E-state index is 11.6. The number of aliphatic hydroxyl groups is 1. The largest absolute Gasteiger partial charge is 0.393 e. The monoisotopic (exact) mass is 279 g/mol. The van der Waals surface area contributed by atoms with E-state index in [0.29, 0.717) is 17.4 Å². The fraction of sp³-hybridized carbons (Fsp3) is 0.941. The van der Waals surface area contributed by atoms with Crippen molar-refractivity contribution in [3.8, 4) is 0 Å². The van der Waals surface area contributed by atoms with Crippen molar-refractivity contribution < 1.29 is 9.90 Å². The van der Waals surface area contributed by atoms with Gasteiger partial charge < -0.3 is 10.4 Å². The number of amides is 1. The third-order valence-electron chi connectivity index (χ3n) is 6.86. The van der Waals surface area contributed by atoms with E-state index >= 15 is 0 Å². The van der Waals surface area contributed by atoms with Crippen LogP contribution in [0, 0.1) is 22.2 Å². The van der Waals surface area contributed by atoms with Gasteiger partial charge in [0, 0.05) is 13.0 Å². The zero-order valence-electron chi connectivity index (χ0n) is 13.3. The number of rotatable bonds is 1. The second-order valence-electron chi connectivity index (χ2n) is 8.66. The second kappa shape index (κ2) is 4.22. The van der Waals surface area contributed by atoms with Crippen LogP contribution in [0.1, 0.15) is 66.2 Å². The van der Waals surface area contributed by atoms with Gasteiger partial charge in [-0.15, -0.1) is 0 Å². The number of hydrogen-bond donors (Lipinski definition) is 2. The molecule has 0 saturated heterocycles. The lowest BCUT2D eigenvalue weighted by molar-refractivity contribution is -0.131. The zero-order chi connectivity index (χ0) is 14.8. The van der Waals surface area contributed by atoms with E-state index in [1.807, 2.05) is 0 Å². The molecule has 3 saturated carbocycles. The molecule has 3 fully saturated rings. The molecule has 5 atom stereocenters. The average molecular weight is 279 g/mol. The number of nitrogens with one attached hydrogen (secondary N) is 1. The van der Waals surface area contributed by atoms with Crippen molar-refractivity contribution in [3.05, 3.63) is 0 Å². The Morgan fingerprint density at radius 3 is 2.55 bits per heavy atom. The predicted octanol–water partition coefficient (Wildman–Crippen LogP) is 2.87. The third kappa shape index (κ3) is 1.85. The molecule has 3 aliphatic carbocycles. The van der Waals surface area contributed by atoms with Gasteiger partial charge in [-0.05, 0) is 60.7 Å². The summed E-state index contributed by atoms with van der Waals surface area (Å²) in [6.07, 6.45) is 6.33. The van der Waals surface area contributed by atoms with Crippen molar-refractivity contribution >= 4 is 5.91 Å². The molecule has 3 heteroatoms. The van der Waals surface area contributed by atoms with Crippen LogP contribution in [0.3, 0.4) is 0 Å². The Balaban J connectivity index is 1.98. The summed E-state index contributed by atoms with van der Waals surface area (Å²) in [5.41, 5.74) is 0.587. The highest BCUT2D eigenvalue weighted by molar-refractivity contribution is 5.73. The molecule has 2 bridgehead atoms. The quantitative estimate of drug-likeness (QED) is 0.775.